The Kier molecular flexibility index (Phi) is 6.16. The zero-order chi connectivity index (χ0) is 21.9. The minimum Gasteiger partial charge on any atom is -0.493 e. The van der Waals surface area contributed by atoms with E-state index in [0.29, 0.717) is 28.4 Å². The maximum atomic E-state index is 12.8. The van der Waals surface area contributed by atoms with Crippen molar-refractivity contribution >= 4 is 33.0 Å². The summed E-state index contributed by atoms with van der Waals surface area (Å²) in [5.74, 6) is 0.111. The zero-order valence-corrected chi connectivity index (χ0v) is 17.6. The van der Waals surface area contributed by atoms with Crippen LogP contribution in [0.1, 0.15) is 12.0 Å². The van der Waals surface area contributed by atoms with Gasteiger partial charge in [0.05, 0.1) is 30.6 Å². The molecule has 1 aliphatic heterocycles. The second-order valence-electron chi connectivity index (χ2n) is 6.64. The molecule has 0 aromatic heterocycles. The van der Waals surface area contributed by atoms with Gasteiger partial charge in [0.25, 0.3) is 5.91 Å². The SMILES string of the molecule is COc1ccc(NC(=O)CCS(=O)(=O)c2cc3c(cc2C)NC(=O)CO3)cc1OC. The Labute approximate surface area is 174 Å². The lowest BCUT2D eigenvalue weighted by atomic mass is 10.2. The van der Waals surface area contributed by atoms with Crippen molar-refractivity contribution in [3.63, 3.8) is 0 Å². The van der Waals surface area contributed by atoms with Crippen LogP contribution >= 0.6 is 0 Å². The number of anilines is 2. The number of nitrogens with one attached hydrogen (secondary N) is 2. The van der Waals surface area contributed by atoms with E-state index in [0.717, 1.165) is 0 Å². The van der Waals surface area contributed by atoms with E-state index in [4.69, 9.17) is 14.2 Å². The van der Waals surface area contributed by atoms with Crippen LogP contribution in [0.2, 0.25) is 0 Å². The summed E-state index contributed by atoms with van der Waals surface area (Å²) in [5.41, 5.74) is 1.35. The molecule has 0 saturated heterocycles. The van der Waals surface area contributed by atoms with Crippen molar-refractivity contribution in [2.24, 2.45) is 0 Å². The molecular formula is C20H22N2O7S. The molecule has 10 heteroatoms. The van der Waals surface area contributed by atoms with Crippen LogP contribution in [0.25, 0.3) is 0 Å². The summed E-state index contributed by atoms with van der Waals surface area (Å²) in [4.78, 5) is 23.8. The molecule has 0 bridgehead atoms. The first-order valence-corrected chi connectivity index (χ1v) is 10.7. The number of carbonyl (C=O) groups is 2. The lowest BCUT2D eigenvalue weighted by molar-refractivity contribution is -0.118. The standard InChI is InChI=1S/C20H22N2O7S/c1-12-8-14-16(29-11-20(24)22-14)10-18(12)30(25,26)7-6-19(23)21-13-4-5-15(27-2)17(9-13)28-3/h4-5,8-10H,6-7,11H2,1-3H3,(H,21,23)(H,22,24). The largest absolute Gasteiger partial charge is 0.493 e. The summed E-state index contributed by atoms with van der Waals surface area (Å²) in [6, 6.07) is 7.78. The van der Waals surface area contributed by atoms with E-state index in [1.165, 1.54) is 20.3 Å². The summed E-state index contributed by atoms with van der Waals surface area (Å²) < 4.78 is 41.2. The molecule has 1 heterocycles. The number of carbonyl (C=O) groups excluding carboxylic acids is 2. The van der Waals surface area contributed by atoms with Gasteiger partial charge >= 0.3 is 0 Å². The molecule has 2 aromatic carbocycles. The average Bonchev–Trinajstić information content (AvgIpc) is 2.71. The highest BCUT2D eigenvalue weighted by Crippen LogP contribution is 2.33. The predicted octanol–water partition coefficient (Wildman–Crippen LogP) is 2.15. The number of sulfone groups is 1. The Morgan fingerprint density at radius 1 is 1.17 bits per heavy atom. The van der Waals surface area contributed by atoms with Gasteiger partial charge in [0, 0.05) is 24.2 Å². The van der Waals surface area contributed by atoms with Crippen LogP contribution in [0, 0.1) is 6.92 Å². The molecule has 2 amide bonds. The Morgan fingerprint density at radius 3 is 2.60 bits per heavy atom. The first-order valence-electron chi connectivity index (χ1n) is 9.05. The number of hydrogen-bond acceptors (Lipinski definition) is 7. The number of rotatable bonds is 7. The number of fused-ring (bicyclic) bond motifs is 1. The van der Waals surface area contributed by atoms with Crippen LogP contribution in [0.4, 0.5) is 11.4 Å². The van der Waals surface area contributed by atoms with Gasteiger partial charge in [-0.15, -0.1) is 0 Å². The third kappa shape index (κ3) is 4.65. The molecule has 1 aliphatic rings. The highest BCUT2D eigenvalue weighted by Gasteiger charge is 2.24. The molecule has 2 N–H and O–H groups in total. The number of aryl methyl sites for hydroxylation is 1. The molecular weight excluding hydrogens is 412 g/mol. The predicted molar refractivity (Wildman–Crippen MR) is 110 cm³/mol. The van der Waals surface area contributed by atoms with Crippen molar-refractivity contribution < 1.29 is 32.2 Å². The fraction of sp³-hybridized carbons (Fsp3) is 0.300. The Hall–Kier alpha value is -3.27. The van der Waals surface area contributed by atoms with Crippen LogP contribution in [0.5, 0.6) is 17.2 Å². The smallest absolute Gasteiger partial charge is 0.262 e. The quantitative estimate of drug-likeness (QED) is 0.685. The minimum atomic E-state index is -3.75. The van der Waals surface area contributed by atoms with Gasteiger partial charge in [0.1, 0.15) is 5.75 Å². The lowest BCUT2D eigenvalue weighted by Crippen LogP contribution is -2.26. The third-order valence-corrected chi connectivity index (χ3v) is 6.36. The zero-order valence-electron chi connectivity index (χ0n) is 16.8. The van der Waals surface area contributed by atoms with Crippen LogP contribution < -0.4 is 24.8 Å². The number of methoxy groups -OCH3 is 2. The van der Waals surface area contributed by atoms with Gasteiger partial charge < -0.3 is 24.8 Å². The van der Waals surface area contributed by atoms with E-state index in [9.17, 15) is 18.0 Å². The van der Waals surface area contributed by atoms with E-state index in [-0.39, 0.29) is 35.3 Å². The Morgan fingerprint density at radius 2 is 1.90 bits per heavy atom. The van der Waals surface area contributed by atoms with Crippen LogP contribution in [0.15, 0.2) is 35.2 Å². The maximum absolute atomic E-state index is 12.8. The van der Waals surface area contributed by atoms with E-state index in [2.05, 4.69) is 10.6 Å². The first kappa shape index (κ1) is 21.4. The molecule has 0 saturated carbocycles. The summed E-state index contributed by atoms with van der Waals surface area (Å²) >= 11 is 0. The van der Waals surface area contributed by atoms with Crippen molar-refractivity contribution in [2.45, 2.75) is 18.2 Å². The van der Waals surface area contributed by atoms with Crippen molar-refractivity contribution in [1.29, 1.82) is 0 Å². The van der Waals surface area contributed by atoms with Gasteiger partial charge in [-0.05, 0) is 30.7 Å². The van der Waals surface area contributed by atoms with Crippen molar-refractivity contribution in [1.82, 2.24) is 0 Å². The van der Waals surface area contributed by atoms with E-state index >= 15 is 0 Å². The number of amides is 2. The topological polar surface area (TPSA) is 120 Å². The number of hydrogen-bond donors (Lipinski definition) is 2. The van der Waals surface area contributed by atoms with Crippen molar-refractivity contribution in [3.05, 3.63) is 35.9 Å². The number of benzene rings is 2. The molecule has 2 aromatic rings. The molecule has 0 fully saturated rings. The second-order valence-corrected chi connectivity index (χ2v) is 8.72. The normalized spacial score (nSPS) is 13.0. The minimum absolute atomic E-state index is 0.0660. The molecule has 0 radical (unpaired) electrons. The van der Waals surface area contributed by atoms with Gasteiger partial charge in [-0.25, -0.2) is 8.42 Å². The molecule has 0 spiro atoms. The number of ether oxygens (including phenoxy) is 3. The molecule has 9 nitrogen and oxygen atoms in total. The monoisotopic (exact) mass is 434 g/mol. The van der Waals surface area contributed by atoms with E-state index < -0.39 is 15.7 Å². The van der Waals surface area contributed by atoms with Crippen molar-refractivity contribution in [2.75, 3.05) is 37.2 Å². The van der Waals surface area contributed by atoms with Gasteiger partial charge in [-0.1, -0.05) is 0 Å². The van der Waals surface area contributed by atoms with Gasteiger partial charge in [0.15, 0.2) is 27.9 Å². The Bertz CT molecular complexity index is 1100. The van der Waals surface area contributed by atoms with Crippen molar-refractivity contribution in [3.8, 4) is 17.2 Å². The lowest BCUT2D eigenvalue weighted by Gasteiger charge is -2.20. The highest BCUT2D eigenvalue weighted by molar-refractivity contribution is 7.91. The fourth-order valence-electron chi connectivity index (χ4n) is 3.03. The van der Waals surface area contributed by atoms with E-state index in [1.54, 1.807) is 31.2 Å². The fourth-order valence-corrected chi connectivity index (χ4v) is 4.54. The Balaban J connectivity index is 1.69. The molecule has 0 atom stereocenters. The summed E-state index contributed by atoms with van der Waals surface area (Å²) in [7, 11) is -0.766. The van der Waals surface area contributed by atoms with E-state index in [1.807, 2.05) is 0 Å². The van der Waals surface area contributed by atoms with Crippen LogP contribution in [-0.2, 0) is 19.4 Å². The van der Waals surface area contributed by atoms with Gasteiger partial charge in [0.2, 0.25) is 5.91 Å². The van der Waals surface area contributed by atoms with Crippen LogP contribution in [0.3, 0.4) is 0 Å². The molecule has 160 valence electrons. The second kappa shape index (κ2) is 8.62. The summed E-state index contributed by atoms with van der Waals surface area (Å²) in [5, 5.41) is 5.28. The summed E-state index contributed by atoms with van der Waals surface area (Å²) in [6.07, 6.45) is -0.231. The summed E-state index contributed by atoms with van der Waals surface area (Å²) in [6.45, 7) is 1.45. The molecule has 0 unspecified atom stereocenters. The highest BCUT2D eigenvalue weighted by atomic mass is 32.2. The maximum Gasteiger partial charge on any atom is 0.262 e. The average molecular weight is 434 g/mol. The van der Waals surface area contributed by atoms with Gasteiger partial charge in [-0.3, -0.25) is 9.59 Å². The third-order valence-electron chi connectivity index (χ3n) is 4.51. The first-order chi connectivity index (χ1) is 14.2. The van der Waals surface area contributed by atoms with Gasteiger partial charge in [-0.2, -0.15) is 0 Å². The molecule has 0 aliphatic carbocycles. The molecule has 30 heavy (non-hydrogen) atoms. The van der Waals surface area contributed by atoms with Crippen LogP contribution in [-0.4, -0.2) is 46.8 Å². The molecule has 3 rings (SSSR count).